The van der Waals surface area contributed by atoms with Gasteiger partial charge in [0.05, 0.1) is 0 Å². The van der Waals surface area contributed by atoms with Crippen molar-refractivity contribution in [2.75, 3.05) is 0 Å². The highest BCUT2D eigenvalue weighted by Gasteiger charge is 2.17. The van der Waals surface area contributed by atoms with E-state index in [0.717, 1.165) is 10.1 Å². The quantitative estimate of drug-likeness (QED) is 0.732. The van der Waals surface area contributed by atoms with Crippen molar-refractivity contribution in [1.29, 1.82) is 0 Å². The van der Waals surface area contributed by atoms with Crippen molar-refractivity contribution >= 4 is 17.2 Å². The number of aromatic amines is 1. The first-order valence-electron chi connectivity index (χ1n) is 5.26. The normalized spacial score (nSPS) is 13.9. The van der Waals surface area contributed by atoms with Gasteiger partial charge in [0.15, 0.2) is 0 Å². The van der Waals surface area contributed by atoms with Gasteiger partial charge in [-0.05, 0) is 0 Å². The summed E-state index contributed by atoms with van der Waals surface area (Å²) in [4.78, 5) is 26.0. The summed E-state index contributed by atoms with van der Waals surface area (Å²) in [5, 5.41) is 0.432. The van der Waals surface area contributed by atoms with E-state index < -0.39 is 5.69 Å². The third-order valence-electron chi connectivity index (χ3n) is 2.88. The lowest BCUT2D eigenvalue weighted by Gasteiger charge is -1.95. The molecule has 0 radical (unpaired) electrons. The van der Waals surface area contributed by atoms with Gasteiger partial charge in [0, 0.05) is 19.0 Å². The lowest BCUT2D eigenvalue weighted by atomic mass is 10.1. The van der Waals surface area contributed by atoms with Crippen LogP contribution in [-0.4, -0.2) is 9.55 Å². The zero-order valence-electron chi connectivity index (χ0n) is 9.19. The Morgan fingerprint density at radius 3 is 3.00 bits per heavy atom. The minimum absolute atomic E-state index is 0.253. The van der Waals surface area contributed by atoms with Gasteiger partial charge in [-0.3, -0.25) is 14.3 Å². The van der Waals surface area contributed by atoms with Crippen LogP contribution in [0.5, 0.6) is 0 Å². The molecule has 0 bridgehead atoms. The fourth-order valence-electron chi connectivity index (χ4n) is 1.97. The molecule has 5 heteroatoms. The number of furan rings is 1. The lowest BCUT2D eigenvalue weighted by molar-refractivity contribution is 0.550. The maximum atomic E-state index is 12.0. The molecule has 0 amide bonds. The van der Waals surface area contributed by atoms with Gasteiger partial charge in [-0.25, -0.2) is 4.79 Å². The third kappa shape index (κ3) is 1.32. The van der Waals surface area contributed by atoms with Crippen LogP contribution in [0.4, 0.5) is 0 Å². The Hall–Kier alpha value is -2.30. The highest BCUT2D eigenvalue weighted by molar-refractivity contribution is 5.86. The molecule has 0 unspecified atom stereocenters. The van der Waals surface area contributed by atoms with Gasteiger partial charge in [0.25, 0.3) is 5.56 Å². The molecule has 0 fully saturated rings. The minimum Gasteiger partial charge on any atom is -0.443 e. The first-order chi connectivity index (χ1) is 8.18. The van der Waals surface area contributed by atoms with Gasteiger partial charge in [-0.2, -0.15) is 0 Å². The van der Waals surface area contributed by atoms with Crippen LogP contribution in [0.15, 0.2) is 32.2 Å². The Balaban J connectivity index is 2.52. The Morgan fingerprint density at radius 2 is 2.18 bits per heavy atom. The van der Waals surface area contributed by atoms with Gasteiger partial charge in [0.1, 0.15) is 11.1 Å². The molecule has 1 aliphatic carbocycles. The molecule has 1 N–H and O–H groups in total. The van der Waals surface area contributed by atoms with Crippen molar-refractivity contribution in [2.24, 2.45) is 7.05 Å². The zero-order valence-corrected chi connectivity index (χ0v) is 9.19. The lowest BCUT2D eigenvalue weighted by Crippen LogP contribution is -2.32. The van der Waals surface area contributed by atoms with Crippen molar-refractivity contribution in [1.82, 2.24) is 9.55 Å². The predicted molar refractivity (Wildman–Crippen MR) is 64.0 cm³/mol. The molecule has 0 saturated carbocycles. The number of aromatic nitrogens is 2. The molecule has 2 aromatic heterocycles. The largest absolute Gasteiger partial charge is 0.443 e. The van der Waals surface area contributed by atoms with Crippen LogP contribution in [-0.2, 0) is 13.5 Å². The Bertz CT molecular complexity index is 771. The van der Waals surface area contributed by atoms with E-state index in [1.807, 2.05) is 24.3 Å². The topological polar surface area (TPSA) is 68.0 Å². The number of fused-ring (bicyclic) bond motifs is 3. The van der Waals surface area contributed by atoms with Crippen LogP contribution < -0.4 is 11.2 Å². The number of H-pyrrole nitrogens is 1. The maximum absolute atomic E-state index is 12.0. The van der Waals surface area contributed by atoms with Crippen LogP contribution in [0.2, 0.25) is 0 Å². The van der Waals surface area contributed by atoms with Gasteiger partial charge in [-0.1, -0.05) is 24.3 Å². The van der Waals surface area contributed by atoms with Crippen LogP contribution in [0.25, 0.3) is 17.2 Å². The van der Waals surface area contributed by atoms with Crippen molar-refractivity contribution < 1.29 is 4.42 Å². The number of nitrogens with one attached hydrogen (secondary N) is 1. The van der Waals surface area contributed by atoms with E-state index in [1.54, 1.807) is 0 Å². The van der Waals surface area contributed by atoms with Gasteiger partial charge >= 0.3 is 5.69 Å². The average Bonchev–Trinajstić information content (AvgIpc) is 2.49. The van der Waals surface area contributed by atoms with Crippen LogP contribution in [0, 0.1) is 0 Å². The zero-order chi connectivity index (χ0) is 12.0. The summed E-state index contributed by atoms with van der Waals surface area (Å²) in [6.45, 7) is 0. The number of hydrogen-bond acceptors (Lipinski definition) is 3. The number of rotatable bonds is 0. The van der Waals surface area contributed by atoms with E-state index in [-0.39, 0.29) is 11.3 Å². The second-order valence-electron chi connectivity index (χ2n) is 3.93. The summed E-state index contributed by atoms with van der Waals surface area (Å²) in [5.74, 6) is 0.698. The first kappa shape index (κ1) is 9.89. The van der Waals surface area contributed by atoms with Crippen LogP contribution >= 0.6 is 0 Å². The van der Waals surface area contributed by atoms with Crippen molar-refractivity contribution in [3.8, 4) is 0 Å². The summed E-state index contributed by atoms with van der Waals surface area (Å²) in [6.07, 6.45) is 8.13. The fraction of sp³-hybridized carbons (Fsp3) is 0.167. The van der Waals surface area contributed by atoms with Crippen molar-refractivity contribution in [2.45, 2.75) is 6.42 Å². The smallest absolute Gasteiger partial charge is 0.330 e. The molecule has 0 spiro atoms. The molecule has 2 aromatic rings. The van der Waals surface area contributed by atoms with Crippen LogP contribution in [0.3, 0.4) is 0 Å². The Kier molecular flexibility index (Phi) is 1.95. The average molecular weight is 230 g/mol. The minimum atomic E-state index is -0.467. The van der Waals surface area contributed by atoms with Gasteiger partial charge in [-0.15, -0.1) is 0 Å². The highest BCUT2D eigenvalue weighted by Crippen LogP contribution is 2.24. The maximum Gasteiger partial charge on any atom is 0.330 e. The van der Waals surface area contributed by atoms with E-state index >= 15 is 0 Å². The third-order valence-corrected chi connectivity index (χ3v) is 2.88. The van der Waals surface area contributed by atoms with Crippen molar-refractivity contribution in [3.63, 3.8) is 0 Å². The molecule has 0 atom stereocenters. The van der Waals surface area contributed by atoms with E-state index in [1.165, 1.54) is 7.05 Å². The molecule has 0 aliphatic heterocycles. The predicted octanol–water partition coefficient (Wildman–Crippen LogP) is 0.945. The first-order valence-corrected chi connectivity index (χ1v) is 5.26. The van der Waals surface area contributed by atoms with E-state index in [0.29, 0.717) is 17.6 Å². The number of hydrogen-bond donors (Lipinski definition) is 1. The molecule has 3 rings (SSSR count). The van der Waals surface area contributed by atoms with Gasteiger partial charge < -0.3 is 4.42 Å². The SMILES string of the molecule is Cn1c(=O)[nH]c2oc3c(c2c1=O)C=CC=CC3. The summed E-state index contributed by atoms with van der Waals surface area (Å²) in [6, 6.07) is 0. The standard InChI is InChI=1S/C12H10N2O3/c1-14-11(15)9-7-5-3-2-4-6-8(7)17-10(9)13-12(14)16/h2-5H,6H2,1H3,(H,13,16). The second-order valence-corrected chi connectivity index (χ2v) is 3.93. The molecular formula is C12H10N2O3. The summed E-state index contributed by atoms with van der Waals surface area (Å²) >= 11 is 0. The second kappa shape index (κ2) is 3.35. The Morgan fingerprint density at radius 1 is 1.35 bits per heavy atom. The molecule has 1 aliphatic rings. The van der Waals surface area contributed by atoms with E-state index in [2.05, 4.69) is 4.98 Å². The van der Waals surface area contributed by atoms with E-state index in [4.69, 9.17) is 4.42 Å². The van der Waals surface area contributed by atoms with Crippen LogP contribution in [0.1, 0.15) is 11.3 Å². The van der Waals surface area contributed by atoms with Gasteiger partial charge in [0.2, 0.25) is 5.71 Å². The summed E-state index contributed by atoms with van der Waals surface area (Å²) in [5.41, 5.74) is 0.205. The highest BCUT2D eigenvalue weighted by atomic mass is 16.3. The summed E-state index contributed by atoms with van der Waals surface area (Å²) in [7, 11) is 1.44. The molecule has 0 saturated heterocycles. The number of allylic oxidation sites excluding steroid dienone is 3. The molecular weight excluding hydrogens is 220 g/mol. The molecule has 17 heavy (non-hydrogen) atoms. The Labute approximate surface area is 95.7 Å². The monoisotopic (exact) mass is 230 g/mol. The fourth-order valence-corrected chi connectivity index (χ4v) is 1.97. The molecule has 2 heterocycles. The van der Waals surface area contributed by atoms with Crippen molar-refractivity contribution in [3.05, 3.63) is 50.4 Å². The molecule has 86 valence electrons. The van der Waals surface area contributed by atoms with E-state index in [9.17, 15) is 9.59 Å². The molecule has 0 aromatic carbocycles. The molecule has 5 nitrogen and oxygen atoms in total. The number of nitrogens with zero attached hydrogens (tertiary/aromatic N) is 1. The summed E-state index contributed by atoms with van der Waals surface area (Å²) < 4.78 is 6.56.